The minimum absolute atomic E-state index is 0.0424. The zero-order valence-corrected chi connectivity index (χ0v) is 14.7. The van der Waals surface area contributed by atoms with Gasteiger partial charge in [0.2, 0.25) is 5.91 Å². The van der Waals surface area contributed by atoms with Gasteiger partial charge >= 0.3 is 0 Å². The number of carbonyl (C=O) groups excluding carboxylic acids is 1. The average molecular weight is 317 g/mol. The van der Waals surface area contributed by atoms with Crippen molar-refractivity contribution in [1.82, 2.24) is 10.2 Å². The lowest BCUT2D eigenvalue weighted by Crippen LogP contribution is -2.55. The van der Waals surface area contributed by atoms with Crippen molar-refractivity contribution in [2.75, 3.05) is 20.6 Å². The van der Waals surface area contributed by atoms with Gasteiger partial charge in [0.05, 0.1) is 0 Å². The lowest BCUT2D eigenvalue weighted by Gasteiger charge is -2.45. The second-order valence-corrected chi connectivity index (χ2v) is 7.32. The lowest BCUT2D eigenvalue weighted by atomic mass is 9.75. The summed E-state index contributed by atoms with van der Waals surface area (Å²) in [5.41, 5.74) is 7.25. The maximum Gasteiger partial charge on any atom is 0.221 e. The Labute approximate surface area is 140 Å². The Kier molecular flexibility index (Phi) is 6.19. The molecule has 1 fully saturated rings. The van der Waals surface area contributed by atoms with Crippen LogP contribution in [0.2, 0.25) is 0 Å². The van der Waals surface area contributed by atoms with Crippen LogP contribution in [0.3, 0.4) is 0 Å². The van der Waals surface area contributed by atoms with Crippen LogP contribution in [-0.2, 0) is 4.79 Å². The zero-order valence-electron chi connectivity index (χ0n) is 14.7. The van der Waals surface area contributed by atoms with E-state index >= 15 is 0 Å². The highest BCUT2D eigenvalue weighted by Gasteiger charge is 2.37. The van der Waals surface area contributed by atoms with E-state index in [2.05, 4.69) is 31.2 Å². The monoisotopic (exact) mass is 317 g/mol. The Bertz CT molecular complexity index is 503. The molecule has 0 heterocycles. The Balaban J connectivity index is 1.89. The van der Waals surface area contributed by atoms with E-state index in [9.17, 15) is 4.79 Å². The molecule has 0 bridgehead atoms. The number of carbonyl (C=O) groups is 1. The summed E-state index contributed by atoms with van der Waals surface area (Å²) >= 11 is 0. The molecule has 3 N–H and O–H groups in total. The molecule has 1 amide bonds. The molecule has 1 aromatic rings. The maximum atomic E-state index is 12.3. The first-order valence-corrected chi connectivity index (χ1v) is 8.67. The normalized spacial score (nSPS) is 26.0. The van der Waals surface area contributed by atoms with E-state index in [1.807, 2.05) is 30.3 Å². The largest absolute Gasteiger partial charge is 0.354 e. The Morgan fingerprint density at radius 1 is 1.39 bits per heavy atom. The predicted molar refractivity (Wildman–Crippen MR) is 95.0 cm³/mol. The van der Waals surface area contributed by atoms with Gasteiger partial charge in [0.25, 0.3) is 0 Å². The molecule has 1 saturated carbocycles. The topological polar surface area (TPSA) is 58.4 Å². The van der Waals surface area contributed by atoms with Gasteiger partial charge in [-0.15, -0.1) is 0 Å². The van der Waals surface area contributed by atoms with E-state index in [0.717, 1.165) is 24.3 Å². The molecule has 0 radical (unpaired) electrons. The van der Waals surface area contributed by atoms with E-state index in [4.69, 9.17) is 5.73 Å². The highest BCUT2D eigenvalue weighted by Crippen LogP contribution is 2.35. The van der Waals surface area contributed by atoms with Crippen molar-refractivity contribution < 1.29 is 4.79 Å². The molecular formula is C19H31N3O. The minimum Gasteiger partial charge on any atom is -0.354 e. The fourth-order valence-corrected chi connectivity index (χ4v) is 3.71. The molecule has 0 aromatic heterocycles. The van der Waals surface area contributed by atoms with Crippen molar-refractivity contribution in [2.24, 2.45) is 11.7 Å². The number of rotatable bonds is 6. The number of nitrogens with two attached hydrogens (primary N) is 1. The molecule has 4 heteroatoms. The summed E-state index contributed by atoms with van der Waals surface area (Å²) in [5.74, 6) is 0.760. The van der Waals surface area contributed by atoms with Crippen molar-refractivity contribution in [2.45, 2.75) is 50.6 Å². The zero-order chi connectivity index (χ0) is 16.9. The van der Waals surface area contributed by atoms with Gasteiger partial charge in [0, 0.05) is 24.5 Å². The van der Waals surface area contributed by atoms with Crippen LogP contribution in [-0.4, -0.2) is 37.0 Å². The van der Waals surface area contributed by atoms with Gasteiger partial charge in [0.15, 0.2) is 0 Å². The third kappa shape index (κ3) is 4.79. The number of hydrogen-bond acceptors (Lipinski definition) is 3. The van der Waals surface area contributed by atoms with Crippen LogP contribution < -0.4 is 11.1 Å². The predicted octanol–water partition coefficient (Wildman–Crippen LogP) is 2.70. The summed E-state index contributed by atoms with van der Waals surface area (Å²) in [6.07, 6.45) is 5.16. The fourth-order valence-electron chi connectivity index (χ4n) is 3.71. The summed E-state index contributed by atoms with van der Waals surface area (Å²) in [7, 11) is 4.25. The molecule has 23 heavy (non-hydrogen) atoms. The van der Waals surface area contributed by atoms with E-state index in [-0.39, 0.29) is 17.5 Å². The third-order valence-corrected chi connectivity index (χ3v) is 5.26. The average Bonchev–Trinajstić information content (AvgIpc) is 2.53. The Hall–Kier alpha value is -1.39. The van der Waals surface area contributed by atoms with E-state index in [1.54, 1.807) is 0 Å². The number of nitrogens with one attached hydrogen (secondary N) is 1. The molecule has 2 rings (SSSR count). The SMILES string of the molecule is CC1CCCC(CNC(=O)CC(N)c2ccccc2)(N(C)C)C1. The first kappa shape index (κ1) is 18.0. The lowest BCUT2D eigenvalue weighted by molar-refractivity contribution is -0.122. The Morgan fingerprint density at radius 3 is 2.70 bits per heavy atom. The molecule has 1 aliphatic rings. The summed E-state index contributed by atoms with van der Waals surface area (Å²) < 4.78 is 0. The molecule has 0 saturated heterocycles. The highest BCUT2D eigenvalue weighted by molar-refractivity contribution is 5.76. The van der Waals surface area contributed by atoms with Gasteiger partial charge in [0.1, 0.15) is 0 Å². The van der Waals surface area contributed by atoms with Crippen LogP contribution in [0, 0.1) is 5.92 Å². The molecule has 3 atom stereocenters. The molecule has 3 unspecified atom stereocenters. The second-order valence-electron chi connectivity index (χ2n) is 7.32. The first-order chi connectivity index (χ1) is 10.9. The first-order valence-electron chi connectivity index (χ1n) is 8.67. The molecule has 128 valence electrons. The van der Waals surface area contributed by atoms with Gasteiger partial charge in [-0.1, -0.05) is 50.1 Å². The molecule has 4 nitrogen and oxygen atoms in total. The quantitative estimate of drug-likeness (QED) is 0.848. The van der Waals surface area contributed by atoms with Crippen molar-refractivity contribution >= 4 is 5.91 Å². The standard InChI is InChI=1S/C19H31N3O/c1-15-8-7-11-19(13-15,22(2)3)14-21-18(23)12-17(20)16-9-5-4-6-10-16/h4-6,9-10,15,17H,7-8,11-14,20H2,1-3H3,(H,21,23). The molecule has 1 aromatic carbocycles. The van der Waals surface area contributed by atoms with Crippen LogP contribution in [0.5, 0.6) is 0 Å². The van der Waals surface area contributed by atoms with Crippen molar-refractivity contribution in [3.05, 3.63) is 35.9 Å². The van der Waals surface area contributed by atoms with Crippen LogP contribution in [0.25, 0.3) is 0 Å². The summed E-state index contributed by atoms with van der Waals surface area (Å²) in [5, 5.41) is 3.14. The van der Waals surface area contributed by atoms with Crippen LogP contribution >= 0.6 is 0 Å². The van der Waals surface area contributed by atoms with Crippen molar-refractivity contribution in [1.29, 1.82) is 0 Å². The summed E-state index contributed by atoms with van der Waals surface area (Å²) in [6, 6.07) is 9.58. The molecule has 0 spiro atoms. The van der Waals surface area contributed by atoms with Gasteiger partial charge < -0.3 is 16.0 Å². The smallest absolute Gasteiger partial charge is 0.221 e. The van der Waals surface area contributed by atoms with Crippen molar-refractivity contribution in [3.8, 4) is 0 Å². The maximum absolute atomic E-state index is 12.3. The third-order valence-electron chi connectivity index (χ3n) is 5.26. The number of likely N-dealkylation sites (N-methyl/N-ethyl adjacent to an activating group) is 1. The van der Waals surface area contributed by atoms with Crippen LogP contribution in [0.1, 0.15) is 50.6 Å². The van der Waals surface area contributed by atoms with Gasteiger partial charge in [-0.2, -0.15) is 0 Å². The Morgan fingerprint density at radius 2 is 2.09 bits per heavy atom. The highest BCUT2D eigenvalue weighted by atomic mass is 16.1. The second kappa shape index (κ2) is 7.93. The van der Waals surface area contributed by atoms with Gasteiger partial charge in [-0.25, -0.2) is 0 Å². The molecule has 1 aliphatic carbocycles. The minimum atomic E-state index is -0.239. The van der Waals surface area contributed by atoms with Crippen molar-refractivity contribution in [3.63, 3.8) is 0 Å². The number of hydrogen-bond donors (Lipinski definition) is 2. The molecule has 0 aliphatic heterocycles. The summed E-state index contributed by atoms with van der Waals surface area (Å²) in [6.45, 7) is 3.02. The number of benzene rings is 1. The van der Waals surface area contributed by atoms with E-state index < -0.39 is 0 Å². The van der Waals surface area contributed by atoms with Crippen LogP contribution in [0.4, 0.5) is 0 Å². The number of nitrogens with zero attached hydrogens (tertiary/aromatic N) is 1. The fraction of sp³-hybridized carbons (Fsp3) is 0.632. The number of amides is 1. The van der Waals surface area contributed by atoms with Gasteiger partial charge in [-0.05, 0) is 38.4 Å². The summed E-state index contributed by atoms with van der Waals surface area (Å²) in [4.78, 5) is 14.6. The molecular weight excluding hydrogens is 286 g/mol. The van der Waals surface area contributed by atoms with Crippen LogP contribution in [0.15, 0.2) is 30.3 Å². The van der Waals surface area contributed by atoms with E-state index in [0.29, 0.717) is 13.0 Å². The van der Waals surface area contributed by atoms with E-state index in [1.165, 1.54) is 12.8 Å². The van der Waals surface area contributed by atoms with Gasteiger partial charge in [-0.3, -0.25) is 4.79 Å².